The topological polar surface area (TPSA) is 79.1 Å². The fourth-order valence-electron chi connectivity index (χ4n) is 3.86. The van der Waals surface area contributed by atoms with E-state index in [1.165, 1.54) is 18.3 Å². The van der Waals surface area contributed by atoms with E-state index in [1.54, 1.807) is 23.2 Å². The number of nitrogens with zero attached hydrogens (tertiary/aromatic N) is 4. The lowest BCUT2D eigenvalue weighted by Crippen LogP contribution is -2.47. The zero-order valence-electron chi connectivity index (χ0n) is 17.9. The Morgan fingerprint density at radius 3 is 2.70 bits per heavy atom. The third-order valence-electron chi connectivity index (χ3n) is 5.51. The number of aromatic nitrogens is 4. The van der Waals surface area contributed by atoms with E-state index in [4.69, 9.17) is 44.3 Å². The van der Waals surface area contributed by atoms with Crippen LogP contribution in [0.5, 0.6) is 0 Å². The van der Waals surface area contributed by atoms with Gasteiger partial charge in [-0.05, 0) is 18.2 Å². The molecule has 0 saturated carbocycles. The summed E-state index contributed by atoms with van der Waals surface area (Å²) in [6.07, 6.45) is 1.55. The number of halogens is 3. The Labute approximate surface area is 214 Å². The molecule has 12 heteroatoms. The van der Waals surface area contributed by atoms with Crippen LogP contribution in [-0.2, 0) is 14.3 Å². The molecule has 2 aromatic heterocycles. The summed E-state index contributed by atoms with van der Waals surface area (Å²) in [7, 11) is 0. The Kier molecular flexibility index (Phi) is 7.87. The summed E-state index contributed by atoms with van der Waals surface area (Å²) < 4.78 is 13.6. The van der Waals surface area contributed by atoms with Gasteiger partial charge in [0.1, 0.15) is 27.9 Å². The third-order valence-corrected chi connectivity index (χ3v) is 8.73. The zero-order valence-corrected chi connectivity index (χ0v) is 21.8. The highest BCUT2D eigenvalue weighted by Gasteiger charge is 2.44. The van der Waals surface area contributed by atoms with Crippen LogP contribution in [0.25, 0.3) is 10.7 Å². The molecule has 4 rings (SSSR count). The van der Waals surface area contributed by atoms with Crippen molar-refractivity contribution in [3.8, 4) is 10.7 Å². The molecule has 1 fully saturated rings. The first-order valence-corrected chi connectivity index (χ1v) is 13.1. The molecule has 5 atom stereocenters. The lowest BCUT2D eigenvalue weighted by molar-refractivity contribution is -0.156. The van der Waals surface area contributed by atoms with Crippen molar-refractivity contribution in [1.29, 1.82) is 0 Å². The summed E-state index contributed by atoms with van der Waals surface area (Å²) in [5.74, 6) is -0.305. The van der Waals surface area contributed by atoms with Crippen molar-refractivity contribution in [2.75, 3.05) is 6.61 Å². The van der Waals surface area contributed by atoms with Crippen molar-refractivity contribution in [3.63, 3.8) is 0 Å². The van der Waals surface area contributed by atoms with Gasteiger partial charge in [-0.3, -0.25) is 4.79 Å². The Balaban J connectivity index is 1.62. The van der Waals surface area contributed by atoms with Gasteiger partial charge in [-0.15, -0.1) is 16.4 Å². The SMILES string of the molecule is CC(=O)OCC1O[C@H](Sc2ccc(Cl)c(Cl)c2)C(C)[C@@H](n2cc(-c3nc(Cl)cs3)nn2)[C@H]1C. The van der Waals surface area contributed by atoms with Crippen LogP contribution < -0.4 is 0 Å². The largest absolute Gasteiger partial charge is 0.463 e. The normalized spacial score (nSPS) is 25.2. The number of hydrogen-bond donors (Lipinski definition) is 0. The number of benzene rings is 1. The predicted octanol–water partition coefficient (Wildman–Crippen LogP) is 6.26. The molecule has 0 spiro atoms. The van der Waals surface area contributed by atoms with E-state index in [0.29, 0.717) is 25.9 Å². The molecule has 3 heterocycles. The number of carbonyl (C=O) groups excluding carboxylic acids is 1. The fourth-order valence-corrected chi connectivity index (χ4v) is 6.30. The van der Waals surface area contributed by atoms with Crippen LogP contribution in [0.15, 0.2) is 34.7 Å². The maximum Gasteiger partial charge on any atom is 0.302 e. The lowest BCUT2D eigenvalue weighted by atomic mass is 9.84. The molecule has 1 aliphatic heterocycles. The smallest absolute Gasteiger partial charge is 0.302 e. The molecule has 176 valence electrons. The summed E-state index contributed by atoms with van der Waals surface area (Å²) in [6.45, 7) is 5.72. The van der Waals surface area contributed by atoms with Crippen molar-refractivity contribution in [3.05, 3.63) is 45.0 Å². The van der Waals surface area contributed by atoms with E-state index in [9.17, 15) is 4.79 Å². The molecule has 0 N–H and O–H groups in total. The molecule has 0 radical (unpaired) electrons. The number of carbonyl (C=O) groups is 1. The highest BCUT2D eigenvalue weighted by atomic mass is 35.5. The number of thioether (sulfide) groups is 1. The minimum Gasteiger partial charge on any atom is -0.463 e. The first kappa shape index (κ1) is 24.8. The van der Waals surface area contributed by atoms with Gasteiger partial charge in [0.25, 0.3) is 0 Å². The summed E-state index contributed by atoms with van der Waals surface area (Å²) in [4.78, 5) is 16.7. The molecule has 1 aliphatic rings. The first-order valence-electron chi connectivity index (χ1n) is 10.2. The molecular formula is C21H21Cl3N4O3S2. The minimum absolute atomic E-state index is 0.000520. The van der Waals surface area contributed by atoms with Crippen LogP contribution in [0.4, 0.5) is 0 Å². The van der Waals surface area contributed by atoms with Gasteiger partial charge in [0.2, 0.25) is 0 Å². The quantitative estimate of drug-likeness (QED) is 0.337. The average molecular weight is 548 g/mol. The molecule has 3 aromatic rings. The number of ether oxygens (including phenoxy) is 2. The van der Waals surface area contributed by atoms with Gasteiger partial charge >= 0.3 is 5.97 Å². The summed E-state index contributed by atoms with van der Waals surface area (Å²) in [6, 6.07) is 5.43. The number of thiazole rings is 1. The Bertz CT molecular complexity index is 1140. The van der Waals surface area contributed by atoms with Crippen LogP contribution in [-0.4, -0.2) is 44.1 Å². The molecule has 1 saturated heterocycles. The maximum absolute atomic E-state index is 11.5. The monoisotopic (exact) mass is 546 g/mol. The van der Waals surface area contributed by atoms with E-state index in [1.807, 2.05) is 23.0 Å². The average Bonchev–Trinajstić information content (AvgIpc) is 3.41. The van der Waals surface area contributed by atoms with Gasteiger partial charge in [-0.1, -0.05) is 65.6 Å². The molecule has 1 aromatic carbocycles. The van der Waals surface area contributed by atoms with Crippen LogP contribution >= 0.6 is 57.9 Å². The molecule has 0 amide bonds. The Morgan fingerprint density at radius 2 is 2.03 bits per heavy atom. The van der Waals surface area contributed by atoms with Gasteiger partial charge < -0.3 is 9.47 Å². The maximum atomic E-state index is 11.5. The number of hydrogen-bond acceptors (Lipinski definition) is 8. The van der Waals surface area contributed by atoms with Crippen LogP contribution in [0.2, 0.25) is 15.2 Å². The fraction of sp³-hybridized carbons (Fsp3) is 0.429. The Morgan fingerprint density at radius 1 is 1.24 bits per heavy atom. The minimum atomic E-state index is -0.349. The van der Waals surface area contributed by atoms with E-state index in [0.717, 1.165) is 4.90 Å². The zero-order chi connectivity index (χ0) is 23.7. The van der Waals surface area contributed by atoms with Crippen molar-refractivity contribution >= 4 is 63.9 Å². The third kappa shape index (κ3) is 5.66. The van der Waals surface area contributed by atoms with Gasteiger partial charge in [-0.2, -0.15) is 0 Å². The van der Waals surface area contributed by atoms with E-state index in [2.05, 4.69) is 29.1 Å². The van der Waals surface area contributed by atoms with Gasteiger partial charge in [0, 0.05) is 29.0 Å². The van der Waals surface area contributed by atoms with Crippen LogP contribution in [0.3, 0.4) is 0 Å². The van der Waals surface area contributed by atoms with Crippen molar-refractivity contribution < 1.29 is 14.3 Å². The van der Waals surface area contributed by atoms with Gasteiger partial charge in [0.05, 0.1) is 28.4 Å². The highest BCUT2D eigenvalue weighted by molar-refractivity contribution is 7.99. The molecule has 7 nitrogen and oxygen atoms in total. The van der Waals surface area contributed by atoms with Crippen LogP contribution in [0.1, 0.15) is 26.8 Å². The van der Waals surface area contributed by atoms with Crippen molar-refractivity contribution in [1.82, 2.24) is 20.0 Å². The highest BCUT2D eigenvalue weighted by Crippen LogP contribution is 2.45. The molecular weight excluding hydrogens is 527 g/mol. The predicted molar refractivity (Wildman–Crippen MR) is 131 cm³/mol. The number of rotatable bonds is 6. The summed E-state index contributed by atoms with van der Waals surface area (Å²) >= 11 is 21.2. The molecule has 2 unspecified atom stereocenters. The van der Waals surface area contributed by atoms with Gasteiger partial charge in [-0.25, -0.2) is 9.67 Å². The first-order chi connectivity index (χ1) is 15.7. The van der Waals surface area contributed by atoms with Crippen molar-refractivity contribution in [2.24, 2.45) is 11.8 Å². The van der Waals surface area contributed by atoms with Gasteiger partial charge in [0.15, 0.2) is 0 Å². The molecule has 33 heavy (non-hydrogen) atoms. The summed E-state index contributed by atoms with van der Waals surface area (Å²) in [5, 5.41) is 12.6. The molecule has 0 aliphatic carbocycles. The standard InChI is InChI=1S/C21H21Cl3N4O3S2/c1-10-17(8-30-12(3)29)31-21(33-13-4-5-14(22)15(23)6-13)11(2)19(10)28-7-16(26-27-28)20-25-18(24)9-32-20/h4-7,9-11,17,19,21H,8H2,1-3H3/t10-,11?,17?,19-,21+/m0/s1. The van der Waals surface area contributed by atoms with Crippen molar-refractivity contribution in [2.45, 2.75) is 43.2 Å². The second-order valence-electron chi connectivity index (χ2n) is 7.81. The van der Waals surface area contributed by atoms with Crippen LogP contribution in [0, 0.1) is 11.8 Å². The summed E-state index contributed by atoms with van der Waals surface area (Å²) in [5.41, 5.74) is 0.411. The van der Waals surface area contributed by atoms with E-state index in [-0.39, 0.29) is 42.0 Å². The second kappa shape index (κ2) is 10.5. The van der Waals surface area contributed by atoms with E-state index < -0.39 is 0 Å². The second-order valence-corrected chi connectivity index (χ2v) is 11.0. The Hall–Kier alpha value is -1.36. The number of esters is 1. The van der Waals surface area contributed by atoms with E-state index >= 15 is 0 Å². The lowest BCUT2D eigenvalue weighted by Gasteiger charge is -2.44. The molecule has 0 bridgehead atoms.